The highest BCUT2D eigenvalue weighted by Gasteiger charge is 2.11. The number of nitrogens with zero attached hydrogens (tertiary/aromatic N) is 2. The number of nitriles is 1. The van der Waals surface area contributed by atoms with Crippen molar-refractivity contribution >= 4 is 0 Å². The summed E-state index contributed by atoms with van der Waals surface area (Å²) in [6.45, 7) is 2.53. The number of pyridine rings is 1. The van der Waals surface area contributed by atoms with Crippen molar-refractivity contribution < 1.29 is 5.11 Å². The minimum atomic E-state index is -0.292. The maximum atomic E-state index is 11.5. The molecule has 0 bridgehead atoms. The van der Waals surface area contributed by atoms with Gasteiger partial charge in [-0.05, 0) is 19.5 Å². The third kappa shape index (κ3) is 2.17. The third-order valence-corrected chi connectivity index (χ3v) is 2.18. The van der Waals surface area contributed by atoms with E-state index >= 15 is 0 Å². The van der Waals surface area contributed by atoms with Crippen molar-refractivity contribution in [1.82, 2.24) is 9.88 Å². The van der Waals surface area contributed by atoms with E-state index in [-0.39, 0.29) is 17.0 Å². The van der Waals surface area contributed by atoms with Gasteiger partial charge in [-0.3, -0.25) is 9.36 Å². The molecular formula is C10H13N3O2. The fourth-order valence-electron chi connectivity index (χ4n) is 1.33. The number of nitrogens with one attached hydrogen (secondary N) is 1. The van der Waals surface area contributed by atoms with Crippen LogP contribution >= 0.6 is 0 Å². The summed E-state index contributed by atoms with van der Waals surface area (Å²) in [5.41, 5.74) is 0.366. The molecule has 0 aromatic carbocycles. The summed E-state index contributed by atoms with van der Waals surface area (Å²) in [5, 5.41) is 21.4. The van der Waals surface area contributed by atoms with Crippen LogP contribution < -0.4 is 10.9 Å². The standard InChI is InChI=1S/C10H13N3O2/c1-7-5-9(14)13(4-3-12-2)10(15)8(7)6-11/h5,12,15H,3-4H2,1-2H3. The summed E-state index contributed by atoms with van der Waals surface area (Å²) < 4.78 is 1.18. The Morgan fingerprint density at radius 1 is 1.67 bits per heavy atom. The van der Waals surface area contributed by atoms with Crippen LogP contribution in [0.25, 0.3) is 0 Å². The lowest BCUT2D eigenvalue weighted by atomic mass is 10.1. The van der Waals surface area contributed by atoms with E-state index in [9.17, 15) is 9.90 Å². The van der Waals surface area contributed by atoms with Crippen LogP contribution in [-0.4, -0.2) is 23.3 Å². The molecule has 2 N–H and O–H groups in total. The van der Waals surface area contributed by atoms with E-state index in [4.69, 9.17) is 5.26 Å². The molecular weight excluding hydrogens is 194 g/mol. The van der Waals surface area contributed by atoms with E-state index in [1.54, 1.807) is 14.0 Å². The van der Waals surface area contributed by atoms with Gasteiger partial charge in [0.2, 0.25) is 5.88 Å². The van der Waals surface area contributed by atoms with Gasteiger partial charge in [0.05, 0.1) is 0 Å². The molecule has 80 valence electrons. The maximum Gasteiger partial charge on any atom is 0.253 e. The molecule has 0 aliphatic heterocycles. The van der Waals surface area contributed by atoms with Crippen molar-refractivity contribution in [3.63, 3.8) is 0 Å². The monoisotopic (exact) mass is 207 g/mol. The molecule has 5 heteroatoms. The molecule has 0 saturated carbocycles. The first-order chi connectivity index (χ1) is 7.11. The second-order valence-corrected chi connectivity index (χ2v) is 3.23. The number of rotatable bonds is 3. The van der Waals surface area contributed by atoms with Gasteiger partial charge in [0.1, 0.15) is 11.6 Å². The van der Waals surface area contributed by atoms with Gasteiger partial charge in [-0.15, -0.1) is 0 Å². The molecule has 0 spiro atoms. The molecule has 1 heterocycles. The molecule has 15 heavy (non-hydrogen) atoms. The van der Waals surface area contributed by atoms with Crippen LogP contribution in [0.15, 0.2) is 10.9 Å². The summed E-state index contributed by atoms with van der Waals surface area (Å²) >= 11 is 0. The van der Waals surface area contributed by atoms with E-state index in [0.29, 0.717) is 18.7 Å². The van der Waals surface area contributed by atoms with Crippen molar-refractivity contribution in [3.05, 3.63) is 27.5 Å². The quantitative estimate of drug-likeness (QED) is 0.728. The number of aromatic hydroxyl groups is 1. The highest BCUT2D eigenvalue weighted by atomic mass is 16.3. The smallest absolute Gasteiger partial charge is 0.253 e. The molecule has 5 nitrogen and oxygen atoms in total. The van der Waals surface area contributed by atoms with Gasteiger partial charge in [0.15, 0.2) is 0 Å². The second kappa shape index (κ2) is 4.62. The number of hydrogen-bond acceptors (Lipinski definition) is 4. The first-order valence-corrected chi connectivity index (χ1v) is 4.60. The topological polar surface area (TPSA) is 78.0 Å². The fourth-order valence-corrected chi connectivity index (χ4v) is 1.33. The van der Waals surface area contributed by atoms with E-state index < -0.39 is 0 Å². The summed E-state index contributed by atoms with van der Waals surface area (Å²) in [4.78, 5) is 11.5. The van der Waals surface area contributed by atoms with Crippen LogP contribution in [0.1, 0.15) is 11.1 Å². The van der Waals surface area contributed by atoms with Crippen LogP contribution in [0.3, 0.4) is 0 Å². The van der Waals surface area contributed by atoms with Gasteiger partial charge in [-0.25, -0.2) is 0 Å². The molecule has 0 aliphatic rings. The van der Waals surface area contributed by atoms with Crippen LogP contribution in [0.4, 0.5) is 0 Å². The average molecular weight is 207 g/mol. The zero-order valence-electron chi connectivity index (χ0n) is 8.74. The van der Waals surface area contributed by atoms with Crippen molar-refractivity contribution in [1.29, 1.82) is 5.26 Å². The Balaban J connectivity index is 3.28. The molecule has 0 saturated heterocycles. The van der Waals surface area contributed by atoms with E-state index in [0.717, 1.165) is 0 Å². The summed E-state index contributed by atoms with van der Waals surface area (Å²) in [7, 11) is 1.75. The van der Waals surface area contributed by atoms with Crippen molar-refractivity contribution in [2.45, 2.75) is 13.5 Å². The van der Waals surface area contributed by atoms with E-state index in [2.05, 4.69) is 5.32 Å². The Labute approximate surface area is 87.6 Å². The Bertz CT molecular complexity index is 457. The van der Waals surface area contributed by atoms with Gasteiger partial charge in [0, 0.05) is 19.2 Å². The van der Waals surface area contributed by atoms with Crippen LogP contribution in [-0.2, 0) is 6.54 Å². The fraction of sp³-hybridized carbons (Fsp3) is 0.400. The van der Waals surface area contributed by atoms with Crippen LogP contribution in [0.5, 0.6) is 5.88 Å². The number of hydrogen-bond donors (Lipinski definition) is 2. The molecule has 1 aromatic heterocycles. The van der Waals surface area contributed by atoms with Gasteiger partial charge >= 0.3 is 0 Å². The van der Waals surface area contributed by atoms with Crippen LogP contribution in [0.2, 0.25) is 0 Å². The highest BCUT2D eigenvalue weighted by molar-refractivity contribution is 5.43. The molecule has 0 radical (unpaired) electrons. The first-order valence-electron chi connectivity index (χ1n) is 4.60. The summed E-state index contributed by atoms with van der Waals surface area (Å²) in [6.07, 6.45) is 0. The predicted molar refractivity (Wildman–Crippen MR) is 55.7 cm³/mol. The average Bonchev–Trinajstić information content (AvgIpc) is 2.17. The first kappa shape index (κ1) is 11.3. The van der Waals surface area contributed by atoms with Crippen molar-refractivity contribution in [2.24, 2.45) is 0 Å². The largest absolute Gasteiger partial charge is 0.493 e. The normalized spacial score (nSPS) is 9.93. The summed E-state index contributed by atoms with van der Waals surface area (Å²) in [5.74, 6) is -0.252. The predicted octanol–water partition coefficient (Wildman–Crippen LogP) is -0.0466. The molecule has 0 unspecified atom stereocenters. The Kier molecular flexibility index (Phi) is 3.47. The Morgan fingerprint density at radius 2 is 2.33 bits per heavy atom. The lowest BCUT2D eigenvalue weighted by Gasteiger charge is -2.10. The molecule has 0 fully saturated rings. The molecule has 1 rings (SSSR count). The third-order valence-electron chi connectivity index (χ3n) is 2.18. The Morgan fingerprint density at radius 3 is 2.87 bits per heavy atom. The maximum absolute atomic E-state index is 11.5. The number of likely N-dealkylation sites (N-methyl/N-ethyl adjacent to an activating group) is 1. The SMILES string of the molecule is CNCCn1c(O)c(C#N)c(C)cc1=O. The lowest BCUT2D eigenvalue weighted by Crippen LogP contribution is -2.25. The van der Waals surface area contributed by atoms with E-state index in [1.165, 1.54) is 10.6 Å². The second-order valence-electron chi connectivity index (χ2n) is 3.23. The van der Waals surface area contributed by atoms with Gasteiger partial charge in [-0.2, -0.15) is 5.26 Å². The molecule has 0 atom stereocenters. The molecule has 0 amide bonds. The van der Waals surface area contributed by atoms with Crippen molar-refractivity contribution in [2.75, 3.05) is 13.6 Å². The zero-order chi connectivity index (χ0) is 11.4. The lowest BCUT2D eigenvalue weighted by molar-refractivity contribution is 0.402. The van der Waals surface area contributed by atoms with Gasteiger partial charge in [0.25, 0.3) is 5.56 Å². The number of aromatic nitrogens is 1. The summed E-state index contributed by atoms with van der Waals surface area (Å²) in [6, 6.07) is 3.23. The molecule has 0 aliphatic carbocycles. The highest BCUT2D eigenvalue weighted by Crippen LogP contribution is 2.16. The van der Waals surface area contributed by atoms with Gasteiger partial charge < -0.3 is 10.4 Å². The van der Waals surface area contributed by atoms with Crippen molar-refractivity contribution in [3.8, 4) is 11.9 Å². The molecule has 1 aromatic rings. The van der Waals surface area contributed by atoms with Gasteiger partial charge in [-0.1, -0.05) is 0 Å². The zero-order valence-corrected chi connectivity index (χ0v) is 8.74. The van der Waals surface area contributed by atoms with E-state index in [1.807, 2.05) is 6.07 Å². The van der Waals surface area contributed by atoms with Crippen LogP contribution in [0, 0.1) is 18.3 Å². The minimum absolute atomic E-state index is 0.158. The minimum Gasteiger partial charge on any atom is -0.493 e. The number of aryl methyl sites for hydroxylation is 1. The Hall–Kier alpha value is -1.80.